The minimum absolute atomic E-state index is 0.305. The van der Waals surface area contributed by atoms with Gasteiger partial charge in [-0.05, 0) is 54.6 Å². The summed E-state index contributed by atoms with van der Waals surface area (Å²) >= 11 is 0. The van der Waals surface area contributed by atoms with Crippen LogP contribution in [-0.2, 0) is 12.1 Å². The Kier molecular flexibility index (Phi) is 6.16. The molecule has 1 atom stereocenters. The van der Waals surface area contributed by atoms with Crippen LogP contribution in [0.3, 0.4) is 0 Å². The van der Waals surface area contributed by atoms with E-state index in [1.807, 2.05) is 35.9 Å². The quantitative estimate of drug-likeness (QED) is 0.473. The maximum atomic E-state index is 13.8. The third-order valence-electron chi connectivity index (χ3n) is 6.80. The maximum absolute atomic E-state index is 13.8. The van der Waals surface area contributed by atoms with Crippen molar-refractivity contribution in [2.75, 3.05) is 33.2 Å². The lowest BCUT2D eigenvalue weighted by Gasteiger charge is -2.51. The van der Waals surface area contributed by atoms with E-state index in [2.05, 4.69) is 14.8 Å². The predicted molar refractivity (Wildman–Crippen MR) is 128 cm³/mol. The van der Waals surface area contributed by atoms with Gasteiger partial charge in [0, 0.05) is 26.2 Å². The zero-order valence-electron chi connectivity index (χ0n) is 19.1. The zero-order chi connectivity index (χ0) is 23.7. The Morgan fingerprint density at radius 3 is 2.15 bits per heavy atom. The molecule has 2 heterocycles. The van der Waals surface area contributed by atoms with Gasteiger partial charge in [-0.15, -0.1) is 0 Å². The van der Waals surface area contributed by atoms with Crippen LogP contribution in [0.15, 0.2) is 79.1 Å². The van der Waals surface area contributed by atoms with E-state index < -0.39 is 11.6 Å². The first-order chi connectivity index (χ1) is 16.5. The van der Waals surface area contributed by atoms with E-state index >= 15 is 0 Å². The Bertz CT molecular complexity index is 1210. The molecule has 1 fully saturated rings. The van der Waals surface area contributed by atoms with Crippen molar-refractivity contribution in [1.29, 1.82) is 0 Å². The molecule has 3 aromatic carbocycles. The number of nitrogens with zero attached hydrogens (tertiary/aromatic N) is 4. The minimum atomic E-state index is -0.665. The Hall–Kier alpha value is -3.13. The molecule has 0 amide bonds. The molecule has 0 aliphatic carbocycles. The first kappa shape index (κ1) is 22.7. The molecule has 34 heavy (non-hydrogen) atoms. The minimum Gasteiger partial charge on any atom is -0.390 e. The van der Waals surface area contributed by atoms with Gasteiger partial charge < -0.3 is 14.6 Å². The molecule has 0 radical (unpaired) electrons. The summed E-state index contributed by atoms with van der Waals surface area (Å²) in [6, 6.07) is 20.9. The molecule has 5 rings (SSSR count). The van der Waals surface area contributed by atoms with Gasteiger partial charge in [0.25, 0.3) is 0 Å². The van der Waals surface area contributed by atoms with Crippen molar-refractivity contribution in [3.05, 3.63) is 102 Å². The van der Waals surface area contributed by atoms with Crippen LogP contribution in [-0.4, -0.2) is 63.8 Å². The summed E-state index contributed by atoms with van der Waals surface area (Å²) in [7, 11) is 2.05. The van der Waals surface area contributed by atoms with Crippen molar-refractivity contribution in [1.82, 2.24) is 19.4 Å². The number of hydrogen-bond acceptors (Lipinski definition) is 4. The molecule has 0 spiro atoms. The number of aromatic nitrogens is 2. The normalized spacial score (nSPS) is 17.8. The monoisotopic (exact) mass is 462 g/mol. The van der Waals surface area contributed by atoms with E-state index in [0.717, 1.165) is 28.7 Å². The average Bonchev–Trinajstić information content (AvgIpc) is 3.24. The van der Waals surface area contributed by atoms with E-state index in [1.54, 1.807) is 30.6 Å². The molecule has 1 aliphatic rings. The van der Waals surface area contributed by atoms with Crippen molar-refractivity contribution < 1.29 is 13.9 Å². The molecule has 1 aliphatic heterocycles. The Morgan fingerprint density at radius 2 is 1.50 bits per heavy atom. The molecule has 1 unspecified atom stereocenters. The molecular weight excluding hydrogens is 434 g/mol. The fourth-order valence-corrected chi connectivity index (χ4v) is 5.16. The van der Waals surface area contributed by atoms with Gasteiger partial charge in [0.1, 0.15) is 11.6 Å². The number of rotatable bonds is 6. The summed E-state index contributed by atoms with van der Waals surface area (Å²) in [5.41, 5.74) is 3.02. The molecule has 0 saturated carbocycles. The van der Waals surface area contributed by atoms with Crippen molar-refractivity contribution in [3.8, 4) is 0 Å². The van der Waals surface area contributed by atoms with Gasteiger partial charge in [0.15, 0.2) is 0 Å². The lowest BCUT2D eigenvalue weighted by Crippen LogP contribution is -2.61. The van der Waals surface area contributed by atoms with Gasteiger partial charge in [-0.3, -0.25) is 4.90 Å². The number of para-hydroxylation sites is 2. The van der Waals surface area contributed by atoms with Gasteiger partial charge in [-0.25, -0.2) is 13.8 Å². The fraction of sp³-hybridized carbons (Fsp3) is 0.296. The Morgan fingerprint density at radius 1 is 0.882 bits per heavy atom. The second-order valence-corrected chi connectivity index (χ2v) is 9.10. The van der Waals surface area contributed by atoms with Crippen molar-refractivity contribution in [2.24, 2.45) is 0 Å². The molecule has 1 aromatic heterocycles. The number of piperazine rings is 1. The third kappa shape index (κ3) is 4.22. The van der Waals surface area contributed by atoms with Crippen LogP contribution in [0.5, 0.6) is 0 Å². The zero-order valence-corrected chi connectivity index (χ0v) is 19.1. The van der Waals surface area contributed by atoms with Crippen molar-refractivity contribution in [3.63, 3.8) is 0 Å². The lowest BCUT2D eigenvalue weighted by molar-refractivity contribution is -0.00642. The Labute approximate surface area is 197 Å². The fourth-order valence-electron chi connectivity index (χ4n) is 5.16. The number of aliphatic hydroxyl groups is 1. The van der Waals surface area contributed by atoms with Crippen LogP contribution in [0, 0.1) is 11.6 Å². The predicted octanol–water partition coefficient (Wildman–Crippen LogP) is 3.87. The van der Waals surface area contributed by atoms with E-state index in [9.17, 15) is 13.9 Å². The van der Waals surface area contributed by atoms with Crippen LogP contribution in [0.4, 0.5) is 8.78 Å². The smallest absolute Gasteiger partial charge is 0.123 e. The molecule has 7 heteroatoms. The number of imidazole rings is 1. The number of benzene rings is 3. The van der Waals surface area contributed by atoms with E-state index in [1.165, 1.54) is 24.3 Å². The molecule has 176 valence electrons. The highest BCUT2D eigenvalue weighted by molar-refractivity contribution is 5.74. The number of halogens is 2. The number of β-amino-alcohol motifs (C(OH)–C–C–N with tert-alkyl or cyclic N) is 1. The van der Waals surface area contributed by atoms with Gasteiger partial charge in [0.2, 0.25) is 0 Å². The van der Waals surface area contributed by atoms with Crippen LogP contribution in [0.1, 0.15) is 11.1 Å². The summed E-state index contributed by atoms with van der Waals surface area (Å²) in [5.74, 6) is -0.610. The lowest BCUT2D eigenvalue weighted by atomic mass is 9.79. The van der Waals surface area contributed by atoms with E-state index in [4.69, 9.17) is 0 Å². The third-order valence-corrected chi connectivity index (χ3v) is 6.80. The molecule has 1 N–H and O–H groups in total. The largest absolute Gasteiger partial charge is 0.390 e. The van der Waals surface area contributed by atoms with Crippen LogP contribution < -0.4 is 0 Å². The molecule has 0 bridgehead atoms. The first-order valence-corrected chi connectivity index (χ1v) is 11.5. The summed E-state index contributed by atoms with van der Waals surface area (Å²) in [4.78, 5) is 8.90. The summed E-state index contributed by atoms with van der Waals surface area (Å²) in [5, 5.41) is 11.2. The van der Waals surface area contributed by atoms with Gasteiger partial charge >= 0.3 is 0 Å². The summed E-state index contributed by atoms with van der Waals surface area (Å²) in [6.07, 6.45) is 1.09. The summed E-state index contributed by atoms with van der Waals surface area (Å²) in [6.45, 7) is 2.95. The second-order valence-electron chi connectivity index (χ2n) is 9.10. The Balaban J connectivity index is 1.51. The van der Waals surface area contributed by atoms with Crippen molar-refractivity contribution in [2.45, 2.75) is 18.2 Å². The highest BCUT2D eigenvalue weighted by Gasteiger charge is 2.44. The van der Waals surface area contributed by atoms with E-state index in [0.29, 0.717) is 26.2 Å². The molecule has 4 aromatic rings. The van der Waals surface area contributed by atoms with Crippen LogP contribution in [0.25, 0.3) is 11.0 Å². The molecule has 1 saturated heterocycles. The van der Waals surface area contributed by atoms with Crippen LogP contribution in [0.2, 0.25) is 0 Å². The first-order valence-electron chi connectivity index (χ1n) is 11.5. The number of likely N-dealkylation sites (N-methyl/N-ethyl adjacent to an activating group) is 1. The number of fused-ring (bicyclic) bond motifs is 1. The SMILES string of the molecule is CN1CCN(CC(O)Cn2cnc3ccccc32)C(c2ccc(F)cc2)(c2ccc(F)cc2)C1. The van der Waals surface area contributed by atoms with Gasteiger partial charge in [-0.1, -0.05) is 36.4 Å². The maximum Gasteiger partial charge on any atom is 0.123 e. The highest BCUT2D eigenvalue weighted by atomic mass is 19.1. The summed E-state index contributed by atoms with van der Waals surface area (Å²) < 4.78 is 29.6. The number of aliphatic hydroxyl groups excluding tert-OH is 1. The topological polar surface area (TPSA) is 44.5 Å². The molecule has 5 nitrogen and oxygen atoms in total. The number of hydrogen-bond donors (Lipinski definition) is 1. The van der Waals surface area contributed by atoms with Crippen LogP contribution >= 0.6 is 0 Å². The highest BCUT2D eigenvalue weighted by Crippen LogP contribution is 2.39. The molecular formula is C27H28F2N4O. The van der Waals surface area contributed by atoms with Crippen molar-refractivity contribution >= 4 is 11.0 Å². The second kappa shape index (κ2) is 9.25. The van der Waals surface area contributed by atoms with Gasteiger partial charge in [-0.2, -0.15) is 0 Å². The van der Waals surface area contributed by atoms with Gasteiger partial charge in [0.05, 0.1) is 35.5 Å². The van der Waals surface area contributed by atoms with E-state index in [-0.39, 0.29) is 11.6 Å². The average molecular weight is 463 g/mol. The standard InChI is InChI=1S/C27H28F2N4O/c1-31-14-15-33(17-24(34)16-32-19-30-25-4-2-3-5-26(25)32)27(18-31,20-6-10-22(28)11-7-20)21-8-12-23(29)13-9-21/h2-13,19,24,34H,14-18H2,1H3.